The lowest BCUT2D eigenvalue weighted by atomic mass is 10.0. The molecule has 3 atom stereocenters. The first-order valence-electron chi connectivity index (χ1n) is 12.8. The van der Waals surface area contributed by atoms with Crippen molar-refractivity contribution in [1.29, 1.82) is 0 Å². The van der Waals surface area contributed by atoms with Crippen LogP contribution in [0.15, 0.2) is 42.6 Å². The number of amides is 3. The van der Waals surface area contributed by atoms with Crippen molar-refractivity contribution in [2.24, 2.45) is 5.92 Å². The number of ether oxygens (including phenoxy) is 2. The molecule has 1 aliphatic rings. The highest BCUT2D eigenvalue weighted by atomic mass is 16.5. The van der Waals surface area contributed by atoms with Crippen LogP contribution >= 0.6 is 0 Å². The Kier molecular flexibility index (Phi) is 10.0. The Balaban J connectivity index is 1.93. The summed E-state index contributed by atoms with van der Waals surface area (Å²) in [5.74, 6) is -0.0374. The summed E-state index contributed by atoms with van der Waals surface area (Å²) in [4.78, 5) is 46.6. The molecule has 3 amide bonds. The molecule has 2 heterocycles. The number of benzene rings is 1. The summed E-state index contributed by atoms with van der Waals surface area (Å²) in [5, 5.41) is 2.86. The zero-order valence-corrected chi connectivity index (χ0v) is 22.4. The van der Waals surface area contributed by atoms with Gasteiger partial charge in [0.1, 0.15) is 12.4 Å². The van der Waals surface area contributed by atoms with Crippen LogP contribution in [0, 0.1) is 5.92 Å². The number of hydrogen-bond donors (Lipinski definition) is 1. The van der Waals surface area contributed by atoms with Crippen molar-refractivity contribution in [2.75, 3.05) is 39.2 Å². The first kappa shape index (κ1) is 28.1. The topological polar surface area (TPSA) is 101 Å². The second kappa shape index (κ2) is 13.2. The molecule has 1 N–H and O–H groups in total. The molecule has 2 aromatic rings. The third-order valence-corrected chi connectivity index (χ3v) is 6.59. The number of pyridine rings is 1. The molecule has 0 spiro atoms. The van der Waals surface area contributed by atoms with E-state index in [4.69, 9.17) is 9.47 Å². The minimum atomic E-state index is -0.283. The number of rotatable bonds is 6. The number of nitrogens with zero attached hydrogens (tertiary/aromatic N) is 3. The van der Waals surface area contributed by atoms with E-state index in [0.717, 1.165) is 6.42 Å². The van der Waals surface area contributed by atoms with Gasteiger partial charge in [0, 0.05) is 63.2 Å². The van der Waals surface area contributed by atoms with Crippen LogP contribution in [0.2, 0.25) is 0 Å². The predicted octanol–water partition coefficient (Wildman–Crippen LogP) is 3.40. The maximum absolute atomic E-state index is 13.4. The summed E-state index contributed by atoms with van der Waals surface area (Å²) in [6, 6.07) is 10.3. The Bertz CT molecular complexity index is 1080. The van der Waals surface area contributed by atoms with Gasteiger partial charge in [0.05, 0.1) is 24.1 Å². The van der Waals surface area contributed by atoms with Gasteiger partial charge in [0.2, 0.25) is 11.8 Å². The van der Waals surface area contributed by atoms with Crippen molar-refractivity contribution in [3.8, 4) is 5.75 Å². The summed E-state index contributed by atoms with van der Waals surface area (Å²) in [7, 11) is 3.34. The van der Waals surface area contributed by atoms with E-state index in [1.807, 2.05) is 39.0 Å². The van der Waals surface area contributed by atoms with Gasteiger partial charge in [-0.1, -0.05) is 19.9 Å². The fourth-order valence-electron chi connectivity index (χ4n) is 4.41. The number of methoxy groups -OCH3 is 1. The molecule has 37 heavy (non-hydrogen) atoms. The lowest BCUT2D eigenvalue weighted by Crippen LogP contribution is -2.49. The van der Waals surface area contributed by atoms with Crippen LogP contribution in [-0.2, 0) is 20.7 Å². The number of hydrogen-bond acceptors (Lipinski definition) is 6. The molecule has 3 rings (SSSR count). The van der Waals surface area contributed by atoms with Crippen LogP contribution in [0.3, 0.4) is 0 Å². The lowest BCUT2D eigenvalue weighted by Gasteiger charge is -2.36. The van der Waals surface area contributed by atoms with Crippen molar-refractivity contribution in [3.05, 3.63) is 53.9 Å². The third kappa shape index (κ3) is 7.52. The molecule has 200 valence electrons. The molecular weight excluding hydrogens is 472 g/mol. The van der Waals surface area contributed by atoms with Crippen molar-refractivity contribution in [2.45, 2.75) is 52.2 Å². The number of anilines is 1. The fraction of sp³-hybridized carbons (Fsp3) is 0.500. The monoisotopic (exact) mass is 510 g/mol. The fourth-order valence-corrected chi connectivity index (χ4v) is 4.41. The van der Waals surface area contributed by atoms with Crippen molar-refractivity contribution < 1.29 is 23.9 Å². The Hall–Kier alpha value is -3.46. The maximum atomic E-state index is 13.4. The van der Waals surface area contributed by atoms with Gasteiger partial charge >= 0.3 is 0 Å². The van der Waals surface area contributed by atoms with Gasteiger partial charge in [0.25, 0.3) is 5.91 Å². The molecule has 9 nitrogen and oxygen atoms in total. The van der Waals surface area contributed by atoms with Crippen LogP contribution < -0.4 is 10.1 Å². The van der Waals surface area contributed by atoms with Crippen molar-refractivity contribution in [3.63, 3.8) is 0 Å². The van der Waals surface area contributed by atoms with Gasteiger partial charge in [0.15, 0.2) is 0 Å². The molecule has 9 heteroatoms. The number of carbonyl (C=O) groups is 3. The zero-order valence-electron chi connectivity index (χ0n) is 22.4. The minimum absolute atomic E-state index is 0.0366. The van der Waals surface area contributed by atoms with Gasteiger partial charge in [-0.2, -0.15) is 0 Å². The molecule has 0 unspecified atom stereocenters. The molecule has 1 aromatic heterocycles. The number of carbonyl (C=O) groups excluding carboxylic acids is 3. The number of fused-ring (bicyclic) bond motifs is 1. The molecule has 0 saturated carbocycles. The molecular formula is C28H38N4O5. The van der Waals surface area contributed by atoms with E-state index in [1.165, 1.54) is 0 Å². The summed E-state index contributed by atoms with van der Waals surface area (Å²) in [6.07, 6.45) is 2.71. The van der Waals surface area contributed by atoms with Gasteiger partial charge < -0.3 is 24.6 Å². The zero-order chi connectivity index (χ0) is 26.9. The third-order valence-electron chi connectivity index (χ3n) is 6.59. The van der Waals surface area contributed by atoms with E-state index in [-0.39, 0.29) is 48.8 Å². The number of likely N-dealkylation sites (N-methyl/N-ethyl adjacent to an activating group) is 1. The van der Waals surface area contributed by atoms with Crippen LogP contribution in [0.5, 0.6) is 5.75 Å². The van der Waals surface area contributed by atoms with Crippen LogP contribution in [0.25, 0.3) is 0 Å². The Morgan fingerprint density at radius 2 is 1.97 bits per heavy atom. The highest BCUT2D eigenvalue weighted by molar-refractivity contribution is 5.98. The van der Waals surface area contributed by atoms with Crippen molar-refractivity contribution in [1.82, 2.24) is 14.8 Å². The molecule has 1 aromatic carbocycles. The van der Waals surface area contributed by atoms with E-state index in [0.29, 0.717) is 42.2 Å². The summed E-state index contributed by atoms with van der Waals surface area (Å²) < 4.78 is 11.9. The van der Waals surface area contributed by atoms with E-state index in [2.05, 4.69) is 10.3 Å². The Morgan fingerprint density at radius 3 is 2.65 bits per heavy atom. The SMILES string of the molecule is CCCC(=O)Nc1ccc2c(c1)OC[C@@H](C)N(C(=O)Cc1ccccn1)C[C@@H](C)[C@H](OC)CN(C)C2=O. The van der Waals surface area contributed by atoms with Crippen LogP contribution in [-0.4, -0.2) is 78.5 Å². The smallest absolute Gasteiger partial charge is 0.257 e. The van der Waals surface area contributed by atoms with E-state index in [9.17, 15) is 14.4 Å². The van der Waals surface area contributed by atoms with Crippen LogP contribution in [0.1, 0.15) is 49.7 Å². The second-order valence-corrected chi connectivity index (χ2v) is 9.65. The highest BCUT2D eigenvalue weighted by Crippen LogP contribution is 2.27. The predicted molar refractivity (Wildman–Crippen MR) is 142 cm³/mol. The average molecular weight is 511 g/mol. The first-order chi connectivity index (χ1) is 17.7. The molecule has 0 saturated heterocycles. The quantitative estimate of drug-likeness (QED) is 0.639. The maximum Gasteiger partial charge on any atom is 0.257 e. The normalized spacial score (nSPS) is 20.8. The van der Waals surface area contributed by atoms with Crippen LogP contribution in [0.4, 0.5) is 5.69 Å². The highest BCUT2D eigenvalue weighted by Gasteiger charge is 2.30. The number of nitrogens with one attached hydrogen (secondary N) is 1. The standard InChI is InChI=1S/C28H38N4O5/c1-6-9-26(33)30-22-11-12-23-24(14-22)37-18-20(3)32(27(34)15-21-10-7-8-13-29-21)16-19(2)25(36-5)17-31(4)28(23)35/h7-8,10-14,19-20,25H,6,9,15-18H2,1-5H3,(H,30,33)/t19-,20-,25-/m1/s1. The van der Waals surface area contributed by atoms with Gasteiger partial charge in [-0.3, -0.25) is 19.4 Å². The minimum Gasteiger partial charge on any atom is -0.491 e. The van der Waals surface area contributed by atoms with E-state index >= 15 is 0 Å². The van der Waals surface area contributed by atoms with Gasteiger partial charge in [-0.05, 0) is 37.6 Å². The first-order valence-corrected chi connectivity index (χ1v) is 12.8. The number of aromatic nitrogens is 1. The molecule has 0 radical (unpaired) electrons. The molecule has 1 aliphatic heterocycles. The summed E-state index contributed by atoms with van der Waals surface area (Å²) in [6.45, 7) is 6.85. The molecule has 0 fully saturated rings. The van der Waals surface area contributed by atoms with E-state index in [1.54, 1.807) is 48.4 Å². The summed E-state index contributed by atoms with van der Waals surface area (Å²) >= 11 is 0. The van der Waals surface area contributed by atoms with Crippen molar-refractivity contribution >= 4 is 23.4 Å². The lowest BCUT2D eigenvalue weighted by molar-refractivity contribution is -0.134. The van der Waals surface area contributed by atoms with Gasteiger partial charge in [-0.25, -0.2) is 0 Å². The Morgan fingerprint density at radius 1 is 1.19 bits per heavy atom. The van der Waals surface area contributed by atoms with E-state index < -0.39 is 0 Å². The largest absolute Gasteiger partial charge is 0.491 e. The average Bonchev–Trinajstić information content (AvgIpc) is 2.88. The molecule has 0 aliphatic carbocycles. The molecule has 0 bridgehead atoms. The van der Waals surface area contributed by atoms with Gasteiger partial charge in [-0.15, -0.1) is 0 Å². The summed E-state index contributed by atoms with van der Waals surface area (Å²) in [5.41, 5.74) is 1.64. The Labute approximate surface area is 219 Å². The second-order valence-electron chi connectivity index (χ2n) is 9.65.